The average molecular weight is 599 g/mol. The number of carbonyl (C=O) groups is 4. The van der Waals surface area contributed by atoms with E-state index in [-0.39, 0.29) is 28.0 Å². The summed E-state index contributed by atoms with van der Waals surface area (Å²) in [5.74, 6) is -4.60. The molecule has 0 spiro atoms. The van der Waals surface area contributed by atoms with Crippen LogP contribution in [0.5, 0.6) is 11.5 Å². The van der Waals surface area contributed by atoms with Crippen LogP contribution in [0.25, 0.3) is 0 Å². The van der Waals surface area contributed by atoms with Crippen molar-refractivity contribution in [2.45, 2.75) is 24.8 Å². The topological polar surface area (TPSA) is 133 Å². The molecule has 0 bridgehead atoms. The van der Waals surface area contributed by atoms with Crippen molar-refractivity contribution < 1.29 is 38.9 Å². The van der Waals surface area contributed by atoms with E-state index in [1.807, 2.05) is 0 Å². The summed E-state index contributed by atoms with van der Waals surface area (Å²) in [6.07, 6.45) is -0.494. The summed E-state index contributed by atoms with van der Waals surface area (Å²) in [6.45, 7) is 1.68. The molecule has 0 aromatic heterocycles. The number of methoxy groups -OCH3 is 1. The van der Waals surface area contributed by atoms with E-state index in [0.717, 1.165) is 0 Å². The zero-order valence-corrected chi connectivity index (χ0v) is 23.8. The summed E-state index contributed by atoms with van der Waals surface area (Å²) >= 11 is 6.08. The number of aliphatic carboxylic acids is 1. The monoisotopic (exact) mass is 598 g/mol. The first kappa shape index (κ1) is 29.3. The van der Waals surface area contributed by atoms with Crippen molar-refractivity contribution >= 4 is 41.1 Å². The Labute approximate surface area is 251 Å². The molecule has 10 heteroatoms. The number of carboxylic acids is 2. The largest absolute Gasteiger partial charge is 0.550 e. The molecule has 1 heterocycles. The Morgan fingerprint density at radius 2 is 1.58 bits per heavy atom. The summed E-state index contributed by atoms with van der Waals surface area (Å²) in [6, 6.07) is 23.3. The Bertz CT molecular complexity index is 1750. The highest BCUT2D eigenvalue weighted by Crippen LogP contribution is 2.56. The number of hydrogen-bond acceptors (Lipinski definition) is 7. The SMILES string of the molecule is COc1ccc2c(c1)C(CC(=O)[O-])C(C)(c1ccccc1C(=O)Oc1ccccc1C(=O)O)N2C(=O)c1ccc(Cl)cc1. The minimum atomic E-state index is -1.46. The lowest BCUT2D eigenvalue weighted by atomic mass is 9.74. The van der Waals surface area contributed by atoms with Crippen molar-refractivity contribution in [3.8, 4) is 11.5 Å². The van der Waals surface area contributed by atoms with Crippen molar-refractivity contribution in [1.82, 2.24) is 0 Å². The molecule has 9 nitrogen and oxygen atoms in total. The van der Waals surface area contributed by atoms with Crippen LogP contribution in [-0.2, 0) is 10.3 Å². The predicted molar refractivity (Wildman–Crippen MR) is 156 cm³/mol. The number of aromatic carboxylic acids is 1. The molecule has 0 saturated carbocycles. The van der Waals surface area contributed by atoms with Crippen molar-refractivity contribution in [3.63, 3.8) is 0 Å². The summed E-state index contributed by atoms with van der Waals surface area (Å²) in [7, 11) is 1.47. The number of hydrogen-bond donors (Lipinski definition) is 1. The molecule has 4 aromatic carbocycles. The van der Waals surface area contributed by atoms with Crippen LogP contribution in [0, 0.1) is 0 Å². The third-order valence-corrected chi connectivity index (χ3v) is 7.92. The predicted octanol–water partition coefficient (Wildman–Crippen LogP) is 5.07. The Hall–Kier alpha value is -5.15. The van der Waals surface area contributed by atoms with Gasteiger partial charge in [-0.15, -0.1) is 0 Å². The van der Waals surface area contributed by atoms with E-state index in [4.69, 9.17) is 21.1 Å². The molecule has 1 N–H and O–H groups in total. The van der Waals surface area contributed by atoms with Gasteiger partial charge in [0.1, 0.15) is 17.1 Å². The van der Waals surface area contributed by atoms with E-state index in [9.17, 15) is 29.4 Å². The third kappa shape index (κ3) is 5.30. The molecule has 0 fully saturated rings. The average Bonchev–Trinajstić information content (AvgIpc) is 3.24. The molecule has 0 radical (unpaired) electrons. The lowest BCUT2D eigenvalue weighted by Crippen LogP contribution is -2.49. The minimum Gasteiger partial charge on any atom is -0.550 e. The smallest absolute Gasteiger partial charge is 0.343 e. The summed E-state index contributed by atoms with van der Waals surface area (Å²) in [4.78, 5) is 53.4. The van der Waals surface area contributed by atoms with Crippen LogP contribution in [-0.4, -0.2) is 36.0 Å². The first-order valence-corrected chi connectivity index (χ1v) is 13.6. The number of halogens is 1. The molecule has 2 unspecified atom stereocenters. The number of amides is 1. The highest BCUT2D eigenvalue weighted by molar-refractivity contribution is 6.30. The normalized spacial score (nSPS) is 17.2. The maximum absolute atomic E-state index is 14.3. The van der Waals surface area contributed by atoms with Crippen LogP contribution in [0.3, 0.4) is 0 Å². The standard InChI is InChI=1S/C33H26ClNO8/c1-33(25-9-5-3-7-22(25)32(41)43-28-10-6-4-8-23(28)31(39)40)26(18-29(36)37)24-17-21(42-2)15-16-27(24)35(33)30(38)19-11-13-20(34)14-12-19/h3-17,26H,18H2,1-2H3,(H,36,37)(H,39,40)/p-1. The molecular formula is C33H25ClNO8-. The molecule has 43 heavy (non-hydrogen) atoms. The zero-order valence-electron chi connectivity index (χ0n) is 23.1. The molecule has 2 atom stereocenters. The number of fused-ring (bicyclic) bond motifs is 1. The number of ether oxygens (including phenoxy) is 2. The van der Waals surface area contributed by atoms with Gasteiger partial charge in [0.05, 0.1) is 18.2 Å². The summed E-state index contributed by atoms with van der Waals surface area (Å²) < 4.78 is 11.0. The fraction of sp³-hybridized carbons (Fsp3) is 0.152. The van der Waals surface area contributed by atoms with Crippen LogP contribution in [0.1, 0.15) is 61.5 Å². The van der Waals surface area contributed by atoms with Crippen molar-refractivity contribution in [3.05, 3.63) is 124 Å². The van der Waals surface area contributed by atoms with Gasteiger partial charge in [-0.2, -0.15) is 0 Å². The number of nitrogens with zero attached hydrogens (tertiary/aromatic N) is 1. The minimum absolute atomic E-state index is 0.0159. The second-order valence-electron chi connectivity index (χ2n) is 10.1. The number of benzene rings is 4. The van der Waals surface area contributed by atoms with Crippen LogP contribution in [0.4, 0.5) is 5.69 Å². The highest BCUT2D eigenvalue weighted by atomic mass is 35.5. The van der Waals surface area contributed by atoms with Gasteiger partial charge >= 0.3 is 11.9 Å². The van der Waals surface area contributed by atoms with E-state index in [2.05, 4.69) is 0 Å². The molecule has 218 valence electrons. The Balaban J connectivity index is 1.72. The molecular weight excluding hydrogens is 574 g/mol. The molecule has 4 aromatic rings. The third-order valence-electron chi connectivity index (χ3n) is 7.67. The van der Waals surface area contributed by atoms with Gasteiger partial charge in [0.15, 0.2) is 0 Å². The van der Waals surface area contributed by atoms with Crippen LogP contribution >= 0.6 is 11.6 Å². The first-order valence-electron chi connectivity index (χ1n) is 13.2. The molecule has 1 aliphatic rings. The fourth-order valence-corrected chi connectivity index (χ4v) is 5.79. The van der Waals surface area contributed by atoms with Gasteiger partial charge in [-0.1, -0.05) is 41.9 Å². The van der Waals surface area contributed by atoms with Gasteiger partial charge in [-0.05, 0) is 85.1 Å². The molecule has 5 rings (SSSR count). The van der Waals surface area contributed by atoms with Gasteiger partial charge in [0, 0.05) is 28.2 Å². The van der Waals surface area contributed by atoms with Crippen LogP contribution in [0.15, 0.2) is 91.0 Å². The van der Waals surface area contributed by atoms with Gasteiger partial charge < -0.3 is 24.5 Å². The van der Waals surface area contributed by atoms with Gasteiger partial charge in [-0.3, -0.25) is 9.69 Å². The van der Waals surface area contributed by atoms with Crippen LogP contribution < -0.4 is 19.5 Å². The zero-order chi connectivity index (χ0) is 30.9. The lowest BCUT2D eigenvalue weighted by Gasteiger charge is -2.41. The van der Waals surface area contributed by atoms with Gasteiger partial charge in [-0.25, -0.2) is 9.59 Å². The Morgan fingerprint density at radius 3 is 2.23 bits per heavy atom. The van der Waals surface area contributed by atoms with Crippen molar-refractivity contribution in [2.75, 3.05) is 12.0 Å². The number of rotatable bonds is 8. The van der Waals surface area contributed by atoms with Crippen LogP contribution in [0.2, 0.25) is 5.02 Å². The number of esters is 1. The summed E-state index contributed by atoms with van der Waals surface area (Å²) in [5, 5.41) is 22.2. The fourth-order valence-electron chi connectivity index (χ4n) is 5.67. The van der Waals surface area contributed by atoms with E-state index in [1.165, 1.54) is 42.3 Å². The Morgan fingerprint density at radius 1 is 0.930 bits per heavy atom. The molecule has 0 saturated heterocycles. The quantitative estimate of drug-likeness (QED) is 0.220. The van der Waals surface area contributed by atoms with E-state index >= 15 is 0 Å². The van der Waals surface area contributed by atoms with Gasteiger partial charge in [0.25, 0.3) is 5.91 Å². The maximum Gasteiger partial charge on any atom is 0.343 e. The van der Waals surface area contributed by atoms with Crippen molar-refractivity contribution in [1.29, 1.82) is 0 Å². The molecule has 0 aliphatic carbocycles. The number of carboxylic acid groups (broad SMARTS) is 2. The first-order chi connectivity index (χ1) is 20.6. The summed E-state index contributed by atoms with van der Waals surface area (Å²) in [5.41, 5.74) is -0.162. The van der Waals surface area contributed by atoms with Crippen molar-refractivity contribution in [2.24, 2.45) is 0 Å². The Kier molecular flexibility index (Phi) is 7.93. The molecule has 1 amide bonds. The number of para-hydroxylation sites is 1. The highest BCUT2D eigenvalue weighted by Gasteiger charge is 2.53. The number of carbonyl (C=O) groups excluding carboxylic acids is 3. The second-order valence-corrected chi connectivity index (χ2v) is 10.5. The molecule has 1 aliphatic heterocycles. The van der Waals surface area contributed by atoms with E-state index in [0.29, 0.717) is 22.0 Å². The van der Waals surface area contributed by atoms with E-state index in [1.54, 1.807) is 67.6 Å². The maximum atomic E-state index is 14.3. The van der Waals surface area contributed by atoms with Gasteiger partial charge in [0.2, 0.25) is 0 Å². The lowest BCUT2D eigenvalue weighted by molar-refractivity contribution is -0.306. The van der Waals surface area contributed by atoms with E-state index < -0.39 is 41.7 Å². The second kappa shape index (κ2) is 11.6. The number of anilines is 1.